The third-order valence-electron chi connectivity index (χ3n) is 3.84. The Morgan fingerprint density at radius 3 is 2.52 bits per heavy atom. The van der Waals surface area contributed by atoms with Gasteiger partial charge in [0, 0.05) is 25.6 Å². The average molecular weight is 348 g/mol. The van der Waals surface area contributed by atoms with Crippen LogP contribution in [0.4, 0.5) is 0 Å². The van der Waals surface area contributed by atoms with Gasteiger partial charge in [0.05, 0.1) is 13.7 Å². The number of ether oxygens (including phenoxy) is 1. The Morgan fingerprint density at radius 1 is 1.20 bits per heavy atom. The molecular weight excluding hydrogens is 316 g/mol. The van der Waals surface area contributed by atoms with E-state index >= 15 is 0 Å². The highest BCUT2D eigenvalue weighted by molar-refractivity contribution is 5.80. The monoisotopic (exact) mass is 348 g/mol. The molecular formula is C19H32N4O2. The maximum atomic E-state index is 11.8. The van der Waals surface area contributed by atoms with E-state index in [1.165, 1.54) is 5.56 Å². The summed E-state index contributed by atoms with van der Waals surface area (Å²) in [5.74, 6) is 1.65. The number of amides is 1. The summed E-state index contributed by atoms with van der Waals surface area (Å²) >= 11 is 0. The number of carbonyl (C=O) groups excluding carboxylic acids is 1. The van der Waals surface area contributed by atoms with Gasteiger partial charge in [-0.1, -0.05) is 19.1 Å². The second-order valence-corrected chi connectivity index (χ2v) is 5.91. The summed E-state index contributed by atoms with van der Waals surface area (Å²) in [4.78, 5) is 16.2. The van der Waals surface area contributed by atoms with Gasteiger partial charge < -0.3 is 20.7 Å². The molecule has 0 heterocycles. The smallest absolute Gasteiger partial charge is 0.222 e. The molecule has 1 unspecified atom stereocenters. The Morgan fingerprint density at radius 2 is 1.92 bits per heavy atom. The molecule has 0 saturated carbocycles. The molecule has 0 aliphatic rings. The lowest BCUT2D eigenvalue weighted by Gasteiger charge is -2.12. The quantitative estimate of drug-likeness (QED) is 0.447. The summed E-state index contributed by atoms with van der Waals surface area (Å²) in [5, 5.41) is 9.45. The fourth-order valence-corrected chi connectivity index (χ4v) is 2.18. The largest absolute Gasteiger partial charge is 0.497 e. The minimum atomic E-state index is 0.0483. The molecule has 6 heteroatoms. The Balaban J connectivity index is 2.37. The van der Waals surface area contributed by atoms with Crippen molar-refractivity contribution in [1.29, 1.82) is 0 Å². The fourth-order valence-electron chi connectivity index (χ4n) is 2.18. The van der Waals surface area contributed by atoms with E-state index in [9.17, 15) is 4.79 Å². The van der Waals surface area contributed by atoms with Crippen LogP contribution in [0.15, 0.2) is 29.3 Å². The van der Waals surface area contributed by atoms with Crippen molar-refractivity contribution in [3.8, 4) is 5.75 Å². The minimum absolute atomic E-state index is 0.0483. The van der Waals surface area contributed by atoms with Gasteiger partial charge >= 0.3 is 0 Å². The van der Waals surface area contributed by atoms with Crippen LogP contribution in [0.2, 0.25) is 0 Å². The zero-order chi connectivity index (χ0) is 18.5. The summed E-state index contributed by atoms with van der Waals surface area (Å²) < 4.78 is 5.16. The fraction of sp³-hybridized carbons (Fsp3) is 0.579. The number of rotatable bonds is 10. The molecule has 0 aliphatic heterocycles. The molecule has 0 radical (unpaired) electrons. The molecule has 0 aromatic heterocycles. The van der Waals surface area contributed by atoms with E-state index in [0.717, 1.165) is 37.6 Å². The summed E-state index contributed by atoms with van der Waals surface area (Å²) in [6, 6.07) is 8.26. The van der Waals surface area contributed by atoms with Crippen molar-refractivity contribution < 1.29 is 9.53 Å². The Bertz CT molecular complexity index is 529. The van der Waals surface area contributed by atoms with Crippen LogP contribution >= 0.6 is 0 Å². The third-order valence-corrected chi connectivity index (χ3v) is 3.84. The number of methoxy groups -OCH3 is 1. The van der Waals surface area contributed by atoms with Gasteiger partial charge in [-0.2, -0.15) is 0 Å². The van der Waals surface area contributed by atoms with Crippen LogP contribution in [0.25, 0.3) is 0 Å². The van der Waals surface area contributed by atoms with Gasteiger partial charge in [0.15, 0.2) is 5.96 Å². The first-order valence-electron chi connectivity index (χ1n) is 9.03. The molecule has 0 aliphatic carbocycles. The van der Waals surface area contributed by atoms with Crippen LogP contribution in [0.1, 0.15) is 39.2 Å². The van der Waals surface area contributed by atoms with Crippen LogP contribution in [0.3, 0.4) is 0 Å². The van der Waals surface area contributed by atoms with Crippen molar-refractivity contribution in [2.24, 2.45) is 4.99 Å². The van der Waals surface area contributed by atoms with Gasteiger partial charge in [0.25, 0.3) is 0 Å². The number of carbonyl (C=O) groups is 1. The molecule has 0 fully saturated rings. The number of guanidine groups is 1. The molecule has 25 heavy (non-hydrogen) atoms. The molecule has 0 spiro atoms. The summed E-state index contributed by atoms with van der Waals surface area (Å²) in [6.45, 7) is 8.12. The van der Waals surface area contributed by atoms with Crippen molar-refractivity contribution in [3.05, 3.63) is 29.8 Å². The number of hydrogen-bond donors (Lipinski definition) is 3. The summed E-state index contributed by atoms with van der Waals surface area (Å²) in [7, 11) is 1.67. The molecule has 3 N–H and O–H groups in total. The predicted octanol–water partition coefficient (Wildman–Crippen LogP) is 2.10. The zero-order valence-corrected chi connectivity index (χ0v) is 15.9. The van der Waals surface area contributed by atoms with Gasteiger partial charge in [0.2, 0.25) is 5.91 Å². The van der Waals surface area contributed by atoms with Crippen molar-refractivity contribution in [2.45, 2.75) is 46.1 Å². The zero-order valence-electron chi connectivity index (χ0n) is 15.9. The molecule has 1 aromatic rings. The normalized spacial score (nSPS) is 12.4. The third kappa shape index (κ3) is 8.98. The minimum Gasteiger partial charge on any atom is -0.497 e. The van der Waals surface area contributed by atoms with Crippen molar-refractivity contribution in [3.63, 3.8) is 0 Å². The molecule has 0 saturated heterocycles. The molecule has 140 valence electrons. The molecule has 1 aromatic carbocycles. The lowest BCUT2D eigenvalue weighted by Crippen LogP contribution is -2.38. The van der Waals surface area contributed by atoms with Crippen molar-refractivity contribution >= 4 is 11.9 Å². The van der Waals surface area contributed by atoms with E-state index in [0.29, 0.717) is 13.0 Å². The van der Waals surface area contributed by atoms with Crippen molar-refractivity contribution in [2.75, 3.05) is 26.7 Å². The van der Waals surface area contributed by atoms with E-state index in [1.54, 1.807) is 7.11 Å². The molecule has 1 amide bonds. The van der Waals surface area contributed by atoms with E-state index < -0.39 is 0 Å². The van der Waals surface area contributed by atoms with E-state index in [4.69, 9.17) is 4.74 Å². The lowest BCUT2D eigenvalue weighted by atomic mass is 10.1. The first kappa shape index (κ1) is 20.8. The van der Waals surface area contributed by atoms with E-state index in [-0.39, 0.29) is 11.9 Å². The molecule has 6 nitrogen and oxygen atoms in total. The maximum Gasteiger partial charge on any atom is 0.222 e. The number of nitrogens with one attached hydrogen (secondary N) is 3. The Kier molecular flexibility index (Phi) is 10.1. The van der Waals surface area contributed by atoms with E-state index in [1.807, 2.05) is 26.0 Å². The standard InChI is InChI=1S/C19H32N4O2/c1-5-15(3)23-18(24)12-14-22-19(20-6-2)21-13-11-16-7-9-17(25-4)10-8-16/h7-10,15H,5-6,11-14H2,1-4H3,(H,23,24)(H2,20,21,22). The SMILES string of the molecule is CCNC(=NCCC(=O)NC(C)CC)NCCc1ccc(OC)cc1. The number of hydrogen-bond acceptors (Lipinski definition) is 3. The van der Waals surface area contributed by atoms with Crippen LogP contribution in [-0.4, -0.2) is 44.7 Å². The predicted molar refractivity (Wildman–Crippen MR) is 103 cm³/mol. The Labute approximate surface area is 151 Å². The summed E-state index contributed by atoms with van der Waals surface area (Å²) in [6.07, 6.45) is 2.23. The maximum absolute atomic E-state index is 11.8. The van der Waals surface area contributed by atoms with Gasteiger partial charge in [-0.3, -0.25) is 9.79 Å². The van der Waals surface area contributed by atoms with Crippen LogP contribution in [-0.2, 0) is 11.2 Å². The number of benzene rings is 1. The Hall–Kier alpha value is -2.24. The van der Waals surface area contributed by atoms with Crippen LogP contribution in [0.5, 0.6) is 5.75 Å². The number of nitrogens with zero attached hydrogens (tertiary/aromatic N) is 1. The molecule has 0 bridgehead atoms. The highest BCUT2D eigenvalue weighted by Crippen LogP contribution is 2.11. The second-order valence-electron chi connectivity index (χ2n) is 5.91. The first-order chi connectivity index (χ1) is 12.1. The van der Waals surface area contributed by atoms with Gasteiger partial charge in [0.1, 0.15) is 5.75 Å². The molecule has 1 atom stereocenters. The van der Waals surface area contributed by atoms with Crippen LogP contribution in [0, 0.1) is 0 Å². The second kappa shape index (κ2) is 12.2. The number of aliphatic imine (C=N–C) groups is 1. The van der Waals surface area contributed by atoms with E-state index in [2.05, 4.69) is 40.0 Å². The lowest BCUT2D eigenvalue weighted by molar-refractivity contribution is -0.121. The highest BCUT2D eigenvalue weighted by atomic mass is 16.5. The first-order valence-corrected chi connectivity index (χ1v) is 9.03. The molecule has 1 rings (SSSR count). The van der Waals surface area contributed by atoms with Crippen LogP contribution < -0.4 is 20.7 Å². The highest BCUT2D eigenvalue weighted by Gasteiger charge is 2.05. The van der Waals surface area contributed by atoms with Gasteiger partial charge in [-0.25, -0.2) is 0 Å². The van der Waals surface area contributed by atoms with Gasteiger partial charge in [-0.05, 0) is 44.4 Å². The topological polar surface area (TPSA) is 74.8 Å². The van der Waals surface area contributed by atoms with Crippen molar-refractivity contribution in [1.82, 2.24) is 16.0 Å². The van der Waals surface area contributed by atoms with Gasteiger partial charge in [-0.15, -0.1) is 0 Å². The average Bonchev–Trinajstić information content (AvgIpc) is 2.62. The summed E-state index contributed by atoms with van der Waals surface area (Å²) in [5.41, 5.74) is 1.23.